The molecule has 0 spiro atoms. The number of hydrogen-bond acceptors (Lipinski definition) is 5. The van der Waals surface area contributed by atoms with E-state index in [-0.39, 0.29) is 12.0 Å². The van der Waals surface area contributed by atoms with Crippen molar-refractivity contribution in [2.24, 2.45) is 5.92 Å². The van der Waals surface area contributed by atoms with Crippen LogP contribution in [0, 0.1) is 5.92 Å². The number of carbonyl (C=O) groups is 1. The monoisotopic (exact) mass is 446 g/mol. The van der Waals surface area contributed by atoms with E-state index in [0.717, 1.165) is 29.4 Å². The molecular weight excluding hydrogens is 424 g/mol. The zero-order valence-corrected chi connectivity index (χ0v) is 17.3. The molecule has 0 saturated carbocycles. The fourth-order valence-corrected chi connectivity index (χ4v) is 4.65. The van der Waals surface area contributed by atoms with Gasteiger partial charge in [-0.15, -0.1) is 0 Å². The van der Waals surface area contributed by atoms with Crippen LogP contribution in [0.2, 0.25) is 0 Å². The summed E-state index contributed by atoms with van der Waals surface area (Å²) in [7, 11) is 1.60. The number of halogens is 1. The number of aromatic nitrogens is 1. The number of pyridine rings is 1. The zero-order chi connectivity index (χ0) is 19.7. The maximum atomic E-state index is 11.2. The summed E-state index contributed by atoms with van der Waals surface area (Å²) in [5.41, 5.74) is 3.45. The number of rotatable bonds is 6. The number of carboxylic acid groups (broad SMARTS) is 1. The standard InChI is InChI=1S/C21H23BrN2O4/c1-27-20-13(11-24-10-9-14(12-24)21(25)26)5-8-19(23-20)28-18-7-6-15-16(18)3-2-4-17(15)22/h2-5,8,14,18H,6-7,9-12H2,1H3,(H,25,26)/t14-,18+/m1/s1. The second-order valence-corrected chi connectivity index (χ2v) is 8.18. The maximum absolute atomic E-state index is 11.2. The van der Waals surface area contributed by atoms with Crippen LogP contribution < -0.4 is 9.47 Å². The first kappa shape index (κ1) is 19.2. The van der Waals surface area contributed by atoms with Crippen molar-refractivity contribution >= 4 is 21.9 Å². The largest absolute Gasteiger partial charge is 0.481 e. The number of aliphatic carboxylic acids is 1. The number of fused-ring (bicyclic) bond motifs is 1. The summed E-state index contributed by atoms with van der Waals surface area (Å²) in [4.78, 5) is 17.8. The average Bonchev–Trinajstić information content (AvgIpc) is 3.31. The van der Waals surface area contributed by atoms with E-state index in [0.29, 0.717) is 31.3 Å². The molecule has 1 aromatic carbocycles. The van der Waals surface area contributed by atoms with Gasteiger partial charge in [0.2, 0.25) is 11.8 Å². The molecule has 2 atom stereocenters. The van der Waals surface area contributed by atoms with E-state index in [9.17, 15) is 9.90 Å². The van der Waals surface area contributed by atoms with E-state index in [1.54, 1.807) is 7.11 Å². The fraction of sp³-hybridized carbons (Fsp3) is 0.429. The van der Waals surface area contributed by atoms with Gasteiger partial charge in [-0.3, -0.25) is 9.69 Å². The highest BCUT2D eigenvalue weighted by atomic mass is 79.9. The van der Waals surface area contributed by atoms with Gasteiger partial charge in [-0.2, -0.15) is 4.98 Å². The van der Waals surface area contributed by atoms with Crippen molar-refractivity contribution in [3.8, 4) is 11.8 Å². The van der Waals surface area contributed by atoms with Gasteiger partial charge in [0.15, 0.2) is 0 Å². The van der Waals surface area contributed by atoms with Gasteiger partial charge in [-0.05, 0) is 49.1 Å². The lowest BCUT2D eigenvalue weighted by atomic mass is 10.1. The molecule has 28 heavy (non-hydrogen) atoms. The summed E-state index contributed by atoms with van der Waals surface area (Å²) in [6.45, 7) is 1.95. The average molecular weight is 447 g/mol. The third kappa shape index (κ3) is 3.86. The van der Waals surface area contributed by atoms with Crippen molar-refractivity contribution in [3.05, 3.63) is 51.5 Å². The van der Waals surface area contributed by atoms with Crippen LogP contribution >= 0.6 is 15.9 Å². The van der Waals surface area contributed by atoms with Gasteiger partial charge in [-0.1, -0.05) is 28.1 Å². The van der Waals surface area contributed by atoms with Crippen LogP contribution in [0.15, 0.2) is 34.8 Å². The van der Waals surface area contributed by atoms with Gasteiger partial charge < -0.3 is 14.6 Å². The van der Waals surface area contributed by atoms with Gasteiger partial charge >= 0.3 is 5.97 Å². The molecule has 4 rings (SSSR count). The first-order valence-corrected chi connectivity index (χ1v) is 10.3. The van der Waals surface area contributed by atoms with Crippen LogP contribution in [0.1, 0.15) is 35.6 Å². The normalized spacial score (nSPS) is 21.5. The Hall–Kier alpha value is -2.12. The molecule has 1 N–H and O–H groups in total. The minimum atomic E-state index is -0.722. The van der Waals surface area contributed by atoms with E-state index in [1.165, 1.54) is 11.1 Å². The van der Waals surface area contributed by atoms with Crippen molar-refractivity contribution in [3.63, 3.8) is 0 Å². The minimum absolute atomic E-state index is 0.00883. The molecule has 1 aromatic heterocycles. The number of hydrogen-bond donors (Lipinski definition) is 1. The number of methoxy groups -OCH3 is 1. The molecule has 7 heteroatoms. The van der Waals surface area contributed by atoms with E-state index >= 15 is 0 Å². The third-order valence-electron chi connectivity index (χ3n) is 5.54. The Balaban J connectivity index is 1.46. The predicted octanol–water partition coefficient (Wildman–Crippen LogP) is 3.83. The Morgan fingerprint density at radius 2 is 2.18 bits per heavy atom. The van der Waals surface area contributed by atoms with Crippen molar-refractivity contribution < 1.29 is 19.4 Å². The van der Waals surface area contributed by atoms with Crippen LogP contribution in [0.5, 0.6) is 11.8 Å². The van der Waals surface area contributed by atoms with Gasteiger partial charge in [0, 0.05) is 29.2 Å². The predicted molar refractivity (Wildman–Crippen MR) is 108 cm³/mol. The number of ether oxygens (including phenoxy) is 2. The lowest BCUT2D eigenvalue weighted by Crippen LogP contribution is -2.23. The molecule has 0 amide bonds. The quantitative estimate of drug-likeness (QED) is 0.726. The van der Waals surface area contributed by atoms with Gasteiger partial charge in [0.1, 0.15) is 6.10 Å². The van der Waals surface area contributed by atoms with Crippen LogP contribution in [0.3, 0.4) is 0 Å². The van der Waals surface area contributed by atoms with Crippen LogP contribution in [0.25, 0.3) is 0 Å². The van der Waals surface area contributed by atoms with Crippen molar-refractivity contribution in [1.29, 1.82) is 0 Å². The molecule has 1 saturated heterocycles. The summed E-state index contributed by atoms with van der Waals surface area (Å²) < 4.78 is 12.8. The summed E-state index contributed by atoms with van der Waals surface area (Å²) in [6.07, 6.45) is 2.58. The summed E-state index contributed by atoms with van der Waals surface area (Å²) >= 11 is 3.61. The number of carboxylic acids is 1. The highest BCUT2D eigenvalue weighted by molar-refractivity contribution is 9.10. The molecule has 0 radical (unpaired) electrons. The third-order valence-corrected chi connectivity index (χ3v) is 6.29. The van der Waals surface area contributed by atoms with Crippen molar-refractivity contribution in [2.45, 2.75) is 31.9 Å². The molecule has 2 aromatic rings. The molecule has 2 heterocycles. The van der Waals surface area contributed by atoms with E-state index in [2.05, 4.69) is 37.9 Å². The number of likely N-dealkylation sites (tertiary alicyclic amines) is 1. The van der Waals surface area contributed by atoms with E-state index < -0.39 is 5.97 Å². The van der Waals surface area contributed by atoms with Crippen LogP contribution in [-0.2, 0) is 17.8 Å². The Labute approximate surface area is 172 Å². The lowest BCUT2D eigenvalue weighted by Gasteiger charge is -2.19. The van der Waals surface area contributed by atoms with Crippen molar-refractivity contribution in [1.82, 2.24) is 9.88 Å². The summed E-state index contributed by atoms with van der Waals surface area (Å²) in [5, 5.41) is 9.17. The second-order valence-electron chi connectivity index (χ2n) is 7.33. The Kier molecular flexibility index (Phi) is 5.55. The highest BCUT2D eigenvalue weighted by Gasteiger charge is 2.29. The highest BCUT2D eigenvalue weighted by Crippen LogP contribution is 2.38. The van der Waals surface area contributed by atoms with Gasteiger partial charge in [0.25, 0.3) is 0 Å². The summed E-state index contributed by atoms with van der Waals surface area (Å²) in [6, 6.07) is 10.0. The number of benzene rings is 1. The number of nitrogens with zero attached hydrogens (tertiary/aromatic N) is 2. The minimum Gasteiger partial charge on any atom is -0.481 e. The maximum Gasteiger partial charge on any atom is 0.307 e. The Bertz CT molecular complexity index is 889. The SMILES string of the molecule is COc1nc(O[C@H]2CCc3c(Br)cccc32)ccc1CN1CC[C@@H](C(=O)O)C1. The van der Waals surface area contributed by atoms with Crippen LogP contribution in [0.4, 0.5) is 0 Å². The first-order valence-electron chi connectivity index (χ1n) is 9.48. The van der Waals surface area contributed by atoms with Gasteiger partial charge in [0.05, 0.1) is 13.0 Å². The fourth-order valence-electron chi connectivity index (χ4n) is 4.07. The van der Waals surface area contributed by atoms with Crippen LogP contribution in [-0.4, -0.2) is 41.2 Å². The molecule has 0 bridgehead atoms. The topological polar surface area (TPSA) is 71.9 Å². The molecular formula is C21H23BrN2O4. The molecule has 0 unspecified atom stereocenters. The molecule has 1 fully saturated rings. The van der Waals surface area contributed by atoms with E-state index in [4.69, 9.17) is 9.47 Å². The first-order chi connectivity index (χ1) is 13.5. The van der Waals surface area contributed by atoms with E-state index in [1.807, 2.05) is 18.2 Å². The smallest absolute Gasteiger partial charge is 0.307 e. The second kappa shape index (κ2) is 8.09. The lowest BCUT2D eigenvalue weighted by molar-refractivity contribution is -0.141. The molecule has 1 aliphatic carbocycles. The molecule has 2 aliphatic rings. The van der Waals surface area contributed by atoms with Crippen molar-refractivity contribution in [2.75, 3.05) is 20.2 Å². The Morgan fingerprint density at radius 3 is 2.93 bits per heavy atom. The Morgan fingerprint density at radius 1 is 1.32 bits per heavy atom. The molecule has 148 valence electrons. The van der Waals surface area contributed by atoms with Gasteiger partial charge in [-0.25, -0.2) is 0 Å². The molecule has 6 nitrogen and oxygen atoms in total. The summed E-state index contributed by atoms with van der Waals surface area (Å²) in [5.74, 6) is 0.0649. The molecule has 1 aliphatic heterocycles. The zero-order valence-electron chi connectivity index (χ0n) is 15.7.